The molecule has 2 heterocycles. The van der Waals surface area contributed by atoms with E-state index >= 15 is 0 Å². The van der Waals surface area contributed by atoms with E-state index in [9.17, 15) is 27.7 Å². The Hall–Kier alpha value is -2.69. The Morgan fingerprint density at radius 1 is 1.17 bits per heavy atom. The van der Waals surface area contributed by atoms with Gasteiger partial charge in [0.25, 0.3) is 10.1 Å². The van der Waals surface area contributed by atoms with Gasteiger partial charge in [0, 0.05) is 0 Å². The zero-order valence-corrected chi connectivity index (χ0v) is 26.3. The Morgan fingerprint density at radius 2 is 1.79 bits per heavy atom. The molecule has 0 bridgehead atoms. The first-order valence-electron chi connectivity index (χ1n) is 13.0. The summed E-state index contributed by atoms with van der Waals surface area (Å²) in [5, 5.41) is 9.32. The van der Waals surface area contributed by atoms with Gasteiger partial charge in [0.05, 0.1) is 47.9 Å². The quantitative estimate of drug-likeness (QED) is 0.117. The van der Waals surface area contributed by atoms with Crippen LogP contribution in [0.2, 0.25) is 0 Å². The third kappa shape index (κ3) is 11.2. The number of nitrogen functional groups attached to an aromatic ring is 1. The molecule has 42 heavy (non-hydrogen) atoms. The van der Waals surface area contributed by atoms with Crippen molar-refractivity contribution in [1.82, 2.24) is 19.5 Å². The van der Waals surface area contributed by atoms with Gasteiger partial charge in [0.15, 0.2) is 5.65 Å². The van der Waals surface area contributed by atoms with Crippen LogP contribution in [0.1, 0.15) is 60.8 Å². The van der Waals surface area contributed by atoms with Crippen molar-refractivity contribution in [3.05, 3.63) is 12.5 Å². The number of esters is 1. The summed E-state index contributed by atoms with van der Waals surface area (Å²) in [6, 6.07) is 0. The summed E-state index contributed by atoms with van der Waals surface area (Å²) >= 11 is 0. The Bertz CT molecular complexity index is 1400. The van der Waals surface area contributed by atoms with Gasteiger partial charge in [-0.25, -0.2) is 9.97 Å². The van der Waals surface area contributed by atoms with Crippen LogP contribution in [0.5, 0.6) is 0 Å². The number of carboxylic acids is 1. The fourth-order valence-corrected chi connectivity index (χ4v) is 4.27. The van der Waals surface area contributed by atoms with Gasteiger partial charge in [-0.15, -0.1) is 0 Å². The van der Waals surface area contributed by atoms with Crippen LogP contribution >= 0.6 is 7.60 Å². The summed E-state index contributed by atoms with van der Waals surface area (Å²) in [5.74, 6) is -1.62. The van der Waals surface area contributed by atoms with Crippen LogP contribution in [-0.2, 0) is 49.3 Å². The molecule has 2 aromatic rings. The van der Waals surface area contributed by atoms with Crippen LogP contribution in [0.3, 0.4) is 0 Å². The van der Waals surface area contributed by atoms with Gasteiger partial charge in [-0.1, -0.05) is 0 Å². The van der Waals surface area contributed by atoms with E-state index in [1.807, 2.05) is 0 Å². The highest BCUT2D eigenvalue weighted by Gasteiger charge is 2.47. The van der Waals surface area contributed by atoms with Crippen molar-refractivity contribution >= 4 is 46.8 Å². The Balaban J connectivity index is 0.000000928. The van der Waals surface area contributed by atoms with E-state index in [2.05, 4.69) is 15.0 Å². The number of hydrogen-bond donors (Lipinski definition) is 3. The first-order chi connectivity index (χ1) is 19.2. The second-order valence-corrected chi connectivity index (χ2v) is 15.2. The molecular formula is C24H40N5O11PS. The predicted molar refractivity (Wildman–Crippen MR) is 151 cm³/mol. The van der Waals surface area contributed by atoms with E-state index in [0.717, 1.165) is 0 Å². The van der Waals surface area contributed by atoms with Gasteiger partial charge in [-0.2, -0.15) is 13.4 Å². The lowest BCUT2D eigenvalue weighted by Crippen LogP contribution is -2.26. The molecule has 4 N–H and O–H groups in total. The summed E-state index contributed by atoms with van der Waals surface area (Å²) in [5.41, 5.74) is 4.34. The van der Waals surface area contributed by atoms with Gasteiger partial charge in [-0.3, -0.25) is 23.2 Å². The maximum Gasteiger partial charge on any atom is 0.359 e. The molecule has 0 aromatic carbocycles. The maximum absolute atomic E-state index is 13.5. The molecule has 16 nitrogen and oxygen atoms in total. The minimum Gasteiger partial charge on any atom is -0.481 e. The average molecular weight is 638 g/mol. The zero-order chi connectivity index (χ0) is 32.0. The molecule has 1 aliphatic rings. The molecule has 0 radical (unpaired) electrons. The van der Waals surface area contributed by atoms with Crippen molar-refractivity contribution in [2.24, 2.45) is 10.8 Å². The van der Waals surface area contributed by atoms with E-state index in [4.69, 9.17) is 28.8 Å². The van der Waals surface area contributed by atoms with Crippen LogP contribution in [0.15, 0.2) is 12.5 Å². The molecule has 238 valence electrons. The van der Waals surface area contributed by atoms with Crippen LogP contribution in [0.25, 0.3) is 11.2 Å². The fraction of sp³-hybridized carbons (Fsp3) is 0.708. The number of aromatic nitrogens is 4. The first-order valence-corrected chi connectivity index (χ1v) is 16.4. The largest absolute Gasteiger partial charge is 0.481 e. The molecular weight excluding hydrogens is 597 g/mol. The van der Waals surface area contributed by atoms with Gasteiger partial charge >= 0.3 is 19.5 Å². The number of carboxylic acid groups (broad SMARTS) is 1. The van der Waals surface area contributed by atoms with Crippen LogP contribution in [-0.4, -0.2) is 80.6 Å². The van der Waals surface area contributed by atoms with Gasteiger partial charge in [-0.05, 0) is 60.8 Å². The van der Waals surface area contributed by atoms with Crippen LogP contribution in [0, 0.1) is 10.8 Å². The summed E-state index contributed by atoms with van der Waals surface area (Å²) in [7, 11) is -7.57. The summed E-state index contributed by atoms with van der Waals surface area (Å²) in [6.07, 6.45) is 4.20. The highest BCUT2D eigenvalue weighted by Crippen LogP contribution is 2.52. The molecule has 2 aromatic heterocycles. The smallest absolute Gasteiger partial charge is 0.359 e. The number of rotatable bonds is 14. The second-order valence-electron chi connectivity index (χ2n) is 11.4. The first kappa shape index (κ1) is 35.5. The predicted octanol–water partition coefficient (Wildman–Crippen LogP) is 3.08. The molecule has 0 amide bonds. The number of anilines is 1. The van der Waals surface area contributed by atoms with E-state index in [-0.39, 0.29) is 24.7 Å². The van der Waals surface area contributed by atoms with Gasteiger partial charge in [0.1, 0.15) is 11.9 Å². The highest BCUT2D eigenvalue weighted by atomic mass is 32.2. The summed E-state index contributed by atoms with van der Waals surface area (Å²) in [4.78, 5) is 35.8. The third-order valence-electron chi connectivity index (χ3n) is 6.18. The Kier molecular flexibility index (Phi) is 11.6. The van der Waals surface area contributed by atoms with Gasteiger partial charge < -0.3 is 29.4 Å². The number of nitrogens with zero attached hydrogens (tertiary/aromatic N) is 4. The minimum atomic E-state index is -3.91. The van der Waals surface area contributed by atoms with E-state index in [0.29, 0.717) is 30.6 Å². The molecule has 1 saturated carbocycles. The summed E-state index contributed by atoms with van der Waals surface area (Å²) in [6.45, 7) is 9.12. The van der Waals surface area contributed by atoms with Crippen molar-refractivity contribution in [3.63, 3.8) is 0 Å². The molecule has 1 atom stereocenters. The molecule has 1 fully saturated rings. The van der Waals surface area contributed by atoms with Gasteiger partial charge in [0.2, 0.25) is 12.7 Å². The SMILES string of the molecule is CC(C)(C)C(=O)OCOP(=O)(COC1(Cn2cnc3cnc(N)nc32)CC1)OCCC(C)(C)C(=O)O.CCS(=O)(=O)O. The molecule has 3 rings (SSSR count). The molecule has 1 unspecified atom stereocenters. The van der Waals surface area contributed by atoms with Crippen molar-refractivity contribution < 1.29 is 50.8 Å². The average Bonchev–Trinajstić information content (AvgIpc) is 3.54. The minimum absolute atomic E-state index is 0.0881. The number of fused-ring (bicyclic) bond motifs is 1. The Morgan fingerprint density at radius 3 is 2.31 bits per heavy atom. The van der Waals surface area contributed by atoms with Crippen LogP contribution < -0.4 is 5.73 Å². The molecule has 18 heteroatoms. The zero-order valence-electron chi connectivity index (χ0n) is 24.6. The fourth-order valence-electron chi connectivity index (χ4n) is 3.03. The number of ether oxygens (including phenoxy) is 2. The number of carbonyl (C=O) groups excluding carboxylic acids is 1. The topological polar surface area (TPSA) is 232 Å². The maximum atomic E-state index is 13.5. The highest BCUT2D eigenvalue weighted by molar-refractivity contribution is 7.85. The standard InChI is InChI=1S/C22H34N5O8P.C2H6O3S/c1-20(2,3)18(30)32-13-35-36(31,34-9-8-21(4,5)17(28)29)14-33-22(6-7-22)11-27-12-25-15-10-24-19(23)26-16(15)27;1-2-6(3,4)5/h10,12H,6-9,11,13-14H2,1-5H3,(H,28,29)(H2,23,24,26);2H2,1H3,(H,3,4,5). The van der Waals surface area contributed by atoms with E-state index < -0.39 is 59.2 Å². The third-order valence-corrected chi connectivity index (χ3v) is 8.43. The molecule has 0 spiro atoms. The lowest BCUT2D eigenvalue weighted by Gasteiger charge is -2.25. The van der Waals surface area contributed by atoms with E-state index in [1.54, 1.807) is 31.7 Å². The molecule has 0 saturated heterocycles. The lowest BCUT2D eigenvalue weighted by atomic mass is 9.90. The van der Waals surface area contributed by atoms with Crippen molar-refractivity contribution in [1.29, 1.82) is 0 Å². The second kappa shape index (κ2) is 13.7. The molecule has 0 aliphatic heterocycles. The van der Waals surface area contributed by atoms with Crippen molar-refractivity contribution in [2.45, 2.75) is 73.0 Å². The number of hydrogen-bond acceptors (Lipinski definition) is 13. The lowest BCUT2D eigenvalue weighted by molar-refractivity contribution is -0.160. The Labute approximate surface area is 244 Å². The van der Waals surface area contributed by atoms with Crippen molar-refractivity contribution in [3.8, 4) is 0 Å². The van der Waals surface area contributed by atoms with E-state index in [1.165, 1.54) is 27.0 Å². The summed E-state index contributed by atoms with van der Waals surface area (Å²) < 4.78 is 64.2. The van der Waals surface area contributed by atoms with Crippen LogP contribution in [0.4, 0.5) is 5.95 Å². The normalized spacial score (nSPS) is 16.3. The molecule has 1 aliphatic carbocycles. The number of aliphatic carboxylic acids is 1. The number of imidazole rings is 1. The van der Waals surface area contributed by atoms with Crippen molar-refractivity contribution in [2.75, 3.05) is 31.2 Å². The number of carbonyl (C=O) groups is 2. The number of nitrogens with two attached hydrogens (primary N) is 1. The monoisotopic (exact) mass is 637 g/mol.